The second-order valence-corrected chi connectivity index (χ2v) is 3.96. The third kappa shape index (κ3) is 1.64. The molecule has 0 radical (unpaired) electrons. The summed E-state index contributed by atoms with van der Waals surface area (Å²) in [5, 5.41) is 0.462. The second kappa shape index (κ2) is 3.49. The van der Waals surface area contributed by atoms with Gasteiger partial charge in [-0.05, 0) is 0 Å². The monoisotopic (exact) mass is 201 g/mol. The van der Waals surface area contributed by atoms with Crippen LogP contribution in [-0.2, 0) is 0 Å². The minimum Gasteiger partial charge on any atom is -0.345 e. The third-order valence-corrected chi connectivity index (χ3v) is 2.82. The van der Waals surface area contributed by atoms with Crippen molar-refractivity contribution in [2.45, 2.75) is 0 Å². The lowest BCUT2D eigenvalue weighted by molar-refractivity contribution is 0.947. The molecule has 1 saturated heterocycles. The summed E-state index contributed by atoms with van der Waals surface area (Å²) in [6.45, 7) is 1.04. The molecule has 0 spiro atoms. The maximum Gasteiger partial charge on any atom is 0.149 e. The summed E-state index contributed by atoms with van der Waals surface area (Å²) < 4.78 is 0. The zero-order valence-corrected chi connectivity index (χ0v) is 7.98. The minimum atomic E-state index is 0.462. The lowest BCUT2D eigenvalue weighted by Crippen LogP contribution is -2.19. The van der Waals surface area contributed by atoms with E-state index in [-0.39, 0.29) is 0 Å². The number of aromatic nitrogens is 2. The predicted octanol–water partition coefficient (Wildman–Crippen LogP) is 1.64. The summed E-state index contributed by atoms with van der Waals surface area (Å²) in [4.78, 5) is 10.3. The highest BCUT2D eigenvalue weighted by molar-refractivity contribution is 7.99. The van der Waals surface area contributed by atoms with Crippen molar-refractivity contribution in [3.8, 4) is 0 Å². The van der Waals surface area contributed by atoms with Crippen molar-refractivity contribution in [1.29, 1.82) is 0 Å². The van der Waals surface area contributed by atoms with Gasteiger partial charge in [-0.3, -0.25) is 4.98 Å². The standard InChI is InChI=1S/C7H8ClN3S/c8-6-3-9-4-7(10-6)11-1-2-12-5-11/h3-4H,1-2,5H2. The third-order valence-electron chi connectivity index (χ3n) is 1.67. The lowest BCUT2D eigenvalue weighted by atomic mass is 10.5. The first-order valence-corrected chi connectivity index (χ1v) is 5.20. The molecule has 3 nitrogen and oxygen atoms in total. The topological polar surface area (TPSA) is 29.0 Å². The van der Waals surface area contributed by atoms with Crippen LogP contribution in [-0.4, -0.2) is 28.1 Å². The van der Waals surface area contributed by atoms with Gasteiger partial charge < -0.3 is 4.90 Å². The van der Waals surface area contributed by atoms with E-state index in [1.807, 2.05) is 11.8 Å². The molecule has 0 bridgehead atoms. The van der Waals surface area contributed by atoms with E-state index >= 15 is 0 Å². The molecule has 0 unspecified atom stereocenters. The van der Waals surface area contributed by atoms with E-state index in [4.69, 9.17) is 11.6 Å². The van der Waals surface area contributed by atoms with Crippen LogP contribution in [0.1, 0.15) is 0 Å². The van der Waals surface area contributed by atoms with E-state index in [9.17, 15) is 0 Å². The first-order valence-electron chi connectivity index (χ1n) is 3.66. The van der Waals surface area contributed by atoms with Crippen molar-refractivity contribution in [1.82, 2.24) is 9.97 Å². The van der Waals surface area contributed by atoms with E-state index in [0.29, 0.717) is 5.15 Å². The number of hydrogen-bond acceptors (Lipinski definition) is 4. The maximum atomic E-state index is 5.72. The summed E-state index contributed by atoms with van der Waals surface area (Å²) in [5.41, 5.74) is 0. The average Bonchev–Trinajstić information content (AvgIpc) is 2.56. The summed E-state index contributed by atoms with van der Waals surface area (Å²) in [6, 6.07) is 0. The number of halogens is 1. The number of anilines is 1. The van der Waals surface area contributed by atoms with Crippen LogP contribution in [0.5, 0.6) is 0 Å². The molecule has 1 aliphatic heterocycles. The van der Waals surface area contributed by atoms with Crippen LogP contribution in [0.3, 0.4) is 0 Å². The Bertz CT molecular complexity index is 275. The van der Waals surface area contributed by atoms with Gasteiger partial charge in [0.1, 0.15) is 11.0 Å². The molecule has 5 heteroatoms. The molecular weight excluding hydrogens is 194 g/mol. The molecule has 1 fully saturated rings. The lowest BCUT2D eigenvalue weighted by Gasteiger charge is -2.13. The number of rotatable bonds is 1. The van der Waals surface area contributed by atoms with E-state index in [1.165, 1.54) is 0 Å². The van der Waals surface area contributed by atoms with Crippen LogP contribution in [0.2, 0.25) is 5.15 Å². The van der Waals surface area contributed by atoms with Gasteiger partial charge in [-0.1, -0.05) is 11.6 Å². The minimum absolute atomic E-state index is 0.462. The summed E-state index contributed by atoms with van der Waals surface area (Å²) >= 11 is 7.61. The quantitative estimate of drug-likeness (QED) is 0.691. The fraction of sp³-hybridized carbons (Fsp3) is 0.429. The normalized spacial score (nSPS) is 16.9. The van der Waals surface area contributed by atoms with E-state index < -0.39 is 0 Å². The van der Waals surface area contributed by atoms with Gasteiger partial charge in [-0.25, -0.2) is 4.98 Å². The van der Waals surface area contributed by atoms with Gasteiger partial charge in [0.2, 0.25) is 0 Å². The summed E-state index contributed by atoms with van der Waals surface area (Å²) in [5.74, 6) is 3.04. The van der Waals surface area contributed by atoms with E-state index in [1.54, 1.807) is 12.4 Å². The average molecular weight is 202 g/mol. The van der Waals surface area contributed by atoms with Gasteiger partial charge in [0.15, 0.2) is 0 Å². The van der Waals surface area contributed by atoms with Crippen molar-refractivity contribution >= 4 is 29.2 Å². The fourth-order valence-corrected chi connectivity index (χ4v) is 2.18. The Morgan fingerprint density at radius 1 is 1.50 bits per heavy atom. The van der Waals surface area contributed by atoms with E-state index in [0.717, 1.165) is 24.0 Å². The molecule has 2 rings (SSSR count). The fourth-order valence-electron chi connectivity index (χ4n) is 1.08. The molecule has 1 aromatic heterocycles. The van der Waals surface area contributed by atoms with Gasteiger partial charge in [0.25, 0.3) is 0 Å². The van der Waals surface area contributed by atoms with Crippen molar-refractivity contribution in [2.24, 2.45) is 0 Å². The highest BCUT2D eigenvalue weighted by Crippen LogP contribution is 2.20. The SMILES string of the molecule is Clc1cncc(N2CCSC2)n1. The smallest absolute Gasteiger partial charge is 0.149 e. The molecule has 2 heterocycles. The van der Waals surface area contributed by atoms with Crippen molar-refractivity contribution < 1.29 is 0 Å². The molecule has 64 valence electrons. The largest absolute Gasteiger partial charge is 0.345 e. The first-order chi connectivity index (χ1) is 5.86. The Balaban J connectivity index is 2.21. The molecule has 1 aromatic rings. The second-order valence-electron chi connectivity index (χ2n) is 2.50. The first kappa shape index (κ1) is 8.13. The van der Waals surface area contributed by atoms with Gasteiger partial charge in [0.05, 0.1) is 18.3 Å². The summed E-state index contributed by atoms with van der Waals surface area (Å²) in [7, 11) is 0. The Hall–Kier alpha value is -0.480. The molecule has 0 atom stereocenters. The van der Waals surface area contributed by atoms with Crippen LogP contribution in [0, 0.1) is 0 Å². The van der Waals surface area contributed by atoms with Crippen molar-refractivity contribution in [2.75, 3.05) is 23.1 Å². The number of hydrogen-bond donors (Lipinski definition) is 0. The molecule has 0 saturated carbocycles. The Kier molecular flexibility index (Phi) is 2.37. The van der Waals surface area contributed by atoms with Crippen LogP contribution in [0.15, 0.2) is 12.4 Å². The van der Waals surface area contributed by atoms with Crippen LogP contribution >= 0.6 is 23.4 Å². The van der Waals surface area contributed by atoms with Crippen LogP contribution in [0.4, 0.5) is 5.82 Å². The van der Waals surface area contributed by atoms with Crippen LogP contribution < -0.4 is 4.90 Å². The van der Waals surface area contributed by atoms with E-state index in [2.05, 4.69) is 14.9 Å². The number of nitrogens with zero attached hydrogens (tertiary/aromatic N) is 3. The molecule has 0 aliphatic carbocycles. The number of thioether (sulfide) groups is 1. The molecular formula is C7H8ClN3S. The Labute approximate surface area is 80.1 Å². The highest BCUT2D eigenvalue weighted by Gasteiger charge is 2.13. The Morgan fingerprint density at radius 3 is 3.08 bits per heavy atom. The molecule has 0 N–H and O–H groups in total. The molecule has 0 aromatic carbocycles. The molecule has 12 heavy (non-hydrogen) atoms. The maximum absolute atomic E-state index is 5.72. The predicted molar refractivity (Wildman–Crippen MR) is 51.7 cm³/mol. The van der Waals surface area contributed by atoms with Crippen molar-refractivity contribution in [3.63, 3.8) is 0 Å². The van der Waals surface area contributed by atoms with Crippen LogP contribution in [0.25, 0.3) is 0 Å². The van der Waals surface area contributed by atoms with Gasteiger partial charge in [-0.2, -0.15) is 0 Å². The van der Waals surface area contributed by atoms with Gasteiger partial charge >= 0.3 is 0 Å². The molecule has 1 aliphatic rings. The molecule has 0 amide bonds. The van der Waals surface area contributed by atoms with Gasteiger partial charge in [-0.15, -0.1) is 11.8 Å². The highest BCUT2D eigenvalue weighted by atomic mass is 35.5. The zero-order valence-electron chi connectivity index (χ0n) is 6.40. The Morgan fingerprint density at radius 2 is 2.42 bits per heavy atom. The van der Waals surface area contributed by atoms with Crippen molar-refractivity contribution in [3.05, 3.63) is 17.5 Å². The zero-order chi connectivity index (χ0) is 8.39. The summed E-state index contributed by atoms with van der Waals surface area (Å²) in [6.07, 6.45) is 3.30. The van der Waals surface area contributed by atoms with Gasteiger partial charge in [0, 0.05) is 12.3 Å².